The van der Waals surface area contributed by atoms with Crippen molar-refractivity contribution in [3.63, 3.8) is 0 Å². The Morgan fingerprint density at radius 1 is 1.41 bits per heavy atom. The molecule has 0 unspecified atom stereocenters. The number of nitrogens with zero attached hydrogens (tertiary/aromatic N) is 2. The van der Waals surface area contributed by atoms with Crippen LogP contribution in [-0.2, 0) is 17.6 Å². The molecule has 5 nitrogen and oxygen atoms in total. The minimum Gasteiger partial charge on any atom is -0.464 e. The van der Waals surface area contributed by atoms with Crippen LogP contribution >= 0.6 is 0 Å². The maximum absolute atomic E-state index is 12.1. The number of methoxy groups -OCH3 is 1. The number of hydrogen-bond acceptors (Lipinski definition) is 4. The molecule has 2 N–H and O–H groups in total. The zero-order valence-corrected chi connectivity index (χ0v) is 12.6. The van der Waals surface area contributed by atoms with Gasteiger partial charge in [0.1, 0.15) is 6.07 Å². The second-order valence-electron chi connectivity index (χ2n) is 5.55. The van der Waals surface area contributed by atoms with Gasteiger partial charge in [0.2, 0.25) is 0 Å². The first-order chi connectivity index (χ1) is 10.6. The van der Waals surface area contributed by atoms with E-state index in [0.717, 1.165) is 30.5 Å². The summed E-state index contributed by atoms with van der Waals surface area (Å²) in [5.41, 5.74) is 11.2. The number of rotatable bonds is 2. The largest absolute Gasteiger partial charge is 0.464 e. The Balaban J connectivity index is 2.30. The number of esters is 1. The Morgan fingerprint density at radius 3 is 2.86 bits per heavy atom. The van der Waals surface area contributed by atoms with Gasteiger partial charge in [-0.2, -0.15) is 5.26 Å². The summed E-state index contributed by atoms with van der Waals surface area (Å²) in [6.45, 7) is 2.03. The fraction of sp³-hybridized carbons (Fsp3) is 0.294. The number of hydrogen-bond donors (Lipinski definition) is 1. The van der Waals surface area contributed by atoms with E-state index in [1.54, 1.807) is 10.8 Å². The van der Waals surface area contributed by atoms with Crippen molar-refractivity contribution in [2.24, 2.45) is 0 Å². The highest BCUT2D eigenvalue weighted by Crippen LogP contribution is 2.33. The number of fused-ring (bicyclic) bond motifs is 1. The van der Waals surface area contributed by atoms with Crippen LogP contribution < -0.4 is 5.73 Å². The Kier molecular flexibility index (Phi) is 3.38. The van der Waals surface area contributed by atoms with Gasteiger partial charge in [0.05, 0.1) is 18.4 Å². The van der Waals surface area contributed by atoms with E-state index in [9.17, 15) is 10.1 Å². The van der Waals surface area contributed by atoms with Gasteiger partial charge in [0, 0.05) is 11.9 Å². The van der Waals surface area contributed by atoms with E-state index in [1.807, 2.05) is 19.1 Å². The summed E-state index contributed by atoms with van der Waals surface area (Å²) in [6.07, 6.45) is 4.72. The Morgan fingerprint density at radius 2 is 2.18 bits per heavy atom. The van der Waals surface area contributed by atoms with Gasteiger partial charge in [-0.25, -0.2) is 4.79 Å². The van der Waals surface area contributed by atoms with Crippen molar-refractivity contribution in [1.29, 1.82) is 5.26 Å². The van der Waals surface area contributed by atoms with Crippen molar-refractivity contribution in [3.8, 4) is 11.8 Å². The number of carbonyl (C=O) groups excluding carboxylic acids is 1. The van der Waals surface area contributed by atoms with E-state index >= 15 is 0 Å². The van der Waals surface area contributed by atoms with Gasteiger partial charge >= 0.3 is 5.97 Å². The van der Waals surface area contributed by atoms with Crippen molar-refractivity contribution >= 4 is 11.7 Å². The molecule has 3 rings (SSSR count). The third-order valence-electron chi connectivity index (χ3n) is 4.14. The maximum atomic E-state index is 12.1. The molecule has 1 aromatic carbocycles. The molecule has 1 heterocycles. The summed E-state index contributed by atoms with van der Waals surface area (Å²) in [5, 5.41) is 9.21. The summed E-state index contributed by atoms with van der Waals surface area (Å²) >= 11 is 0. The zero-order chi connectivity index (χ0) is 15.9. The molecule has 0 saturated heterocycles. The average molecular weight is 295 g/mol. The van der Waals surface area contributed by atoms with Crippen LogP contribution in [0.15, 0.2) is 18.3 Å². The lowest BCUT2D eigenvalue weighted by Crippen LogP contribution is -2.12. The highest BCUT2D eigenvalue weighted by atomic mass is 16.5. The van der Waals surface area contributed by atoms with Crippen LogP contribution in [0.5, 0.6) is 0 Å². The summed E-state index contributed by atoms with van der Waals surface area (Å²) in [6, 6.07) is 6.24. The molecule has 0 fully saturated rings. The summed E-state index contributed by atoms with van der Waals surface area (Å²) in [7, 11) is 1.31. The highest BCUT2D eigenvalue weighted by Gasteiger charge is 2.25. The predicted octanol–water partition coefficient (Wildman–Crippen LogP) is 2.51. The lowest BCUT2D eigenvalue weighted by Gasteiger charge is -2.14. The van der Waals surface area contributed by atoms with E-state index < -0.39 is 5.97 Å². The quantitative estimate of drug-likeness (QED) is 0.863. The van der Waals surface area contributed by atoms with E-state index in [2.05, 4.69) is 6.07 Å². The predicted molar refractivity (Wildman–Crippen MR) is 83.0 cm³/mol. The molecular formula is C17H17N3O2. The number of nitrogen functional groups attached to an aromatic ring is 1. The fourth-order valence-corrected chi connectivity index (χ4v) is 3.16. The lowest BCUT2D eigenvalue weighted by molar-refractivity contribution is 0.0593. The van der Waals surface area contributed by atoms with Gasteiger partial charge in [-0.1, -0.05) is 6.07 Å². The van der Waals surface area contributed by atoms with Crippen LogP contribution in [0.3, 0.4) is 0 Å². The topological polar surface area (TPSA) is 81.0 Å². The fourth-order valence-electron chi connectivity index (χ4n) is 3.16. The number of anilines is 1. The van der Waals surface area contributed by atoms with E-state index in [1.165, 1.54) is 18.2 Å². The highest BCUT2D eigenvalue weighted by molar-refractivity contribution is 5.96. The number of nitriles is 1. The minimum absolute atomic E-state index is 0.169. The minimum atomic E-state index is -0.535. The molecule has 1 aromatic heterocycles. The number of nitrogens with two attached hydrogens (primary N) is 1. The number of aromatic nitrogens is 1. The van der Waals surface area contributed by atoms with Gasteiger partial charge in [-0.15, -0.1) is 0 Å². The molecule has 5 heteroatoms. The molecule has 0 spiro atoms. The van der Waals surface area contributed by atoms with Crippen molar-refractivity contribution < 1.29 is 9.53 Å². The summed E-state index contributed by atoms with van der Waals surface area (Å²) in [4.78, 5) is 12.1. The molecule has 112 valence electrons. The first-order valence-electron chi connectivity index (χ1n) is 7.18. The smallest absolute Gasteiger partial charge is 0.357 e. The van der Waals surface area contributed by atoms with Crippen LogP contribution in [0.1, 0.15) is 39.2 Å². The molecule has 0 amide bonds. The molecule has 1 aliphatic carbocycles. The van der Waals surface area contributed by atoms with Gasteiger partial charge in [-0.05, 0) is 48.9 Å². The Hall–Kier alpha value is -2.74. The normalized spacial score (nSPS) is 12.8. The van der Waals surface area contributed by atoms with Gasteiger partial charge in [-0.3, -0.25) is 0 Å². The lowest BCUT2D eigenvalue weighted by atomic mass is 10.0. The van der Waals surface area contributed by atoms with Crippen molar-refractivity contribution in [1.82, 2.24) is 4.57 Å². The summed E-state index contributed by atoms with van der Waals surface area (Å²) < 4.78 is 6.54. The second kappa shape index (κ2) is 5.23. The number of carbonyl (C=O) groups is 1. The average Bonchev–Trinajstić information content (AvgIpc) is 3.09. The molecule has 0 radical (unpaired) electrons. The molecular weight excluding hydrogens is 278 g/mol. The van der Waals surface area contributed by atoms with E-state index in [-0.39, 0.29) is 16.9 Å². The number of ether oxygens (including phenoxy) is 1. The van der Waals surface area contributed by atoms with Gasteiger partial charge in [0.25, 0.3) is 0 Å². The van der Waals surface area contributed by atoms with Crippen molar-refractivity contribution in [3.05, 3.63) is 46.3 Å². The molecule has 1 aliphatic rings. The summed E-state index contributed by atoms with van der Waals surface area (Å²) in [5.74, 6) is -0.535. The Bertz CT molecular complexity index is 812. The first kappa shape index (κ1) is 14.2. The SMILES string of the molecule is COC(=O)c1c(N)c(C#N)cn1-c1cc(C)cc2c1CCC2. The molecule has 0 aliphatic heterocycles. The van der Waals surface area contributed by atoms with E-state index in [0.29, 0.717) is 0 Å². The number of aryl methyl sites for hydroxylation is 2. The molecule has 0 saturated carbocycles. The van der Waals surface area contributed by atoms with Crippen LogP contribution in [0.25, 0.3) is 5.69 Å². The Labute approximate surface area is 128 Å². The van der Waals surface area contributed by atoms with E-state index in [4.69, 9.17) is 10.5 Å². The standard InChI is InChI=1S/C17H17N3O2/c1-10-6-11-4-3-5-13(11)14(7-10)20-9-12(8-18)15(19)16(20)17(21)22-2/h6-7,9H,3-5,19H2,1-2H3. The maximum Gasteiger partial charge on any atom is 0.357 e. The van der Waals surface area contributed by atoms with Gasteiger partial charge in [0.15, 0.2) is 5.69 Å². The third-order valence-corrected chi connectivity index (χ3v) is 4.14. The third kappa shape index (κ3) is 2.04. The van der Waals surface area contributed by atoms with Crippen LogP contribution in [0.4, 0.5) is 5.69 Å². The van der Waals surface area contributed by atoms with Crippen LogP contribution in [0, 0.1) is 18.3 Å². The van der Waals surface area contributed by atoms with Crippen molar-refractivity contribution in [2.45, 2.75) is 26.2 Å². The zero-order valence-electron chi connectivity index (χ0n) is 12.6. The second-order valence-corrected chi connectivity index (χ2v) is 5.55. The monoisotopic (exact) mass is 295 g/mol. The van der Waals surface area contributed by atoms with Crippen molar-refractivity contribution in [2.75, 3.05) is 12.8 Å². The molecule has 0 atom stereocenters. The molecule has 0 bridgehead atoms. The van der Waals surface area contributed by atoms with Crippen LogP contribution in [0.2, 0.25) is 0 Å². The number of benzene rings is 1. The van der Waals surface area contributed by atoms with Gasteiger partial charge < -0.3 is 15.0 Å². The first-order valence-corrected chi connectivity index (χ1v) is 7.18. The molecule has 22 heavy (non-hydrogen) atoms. The van der Waals surface area contributed by atoms with Crippen LogP contribution in [-0.4, -0.2) is 17.6 Å². The molecule has 2 aromatic rings.